The van der Waals surface area contributed by atoms with Gasteiger partial charge in [-0.2, -0.15) is 4.57 Å². The van der Waals surface area contributed by atoms with Crippen LogP contribution in [0.1, 0.15) is 17.4 Å². The van der Waals surface area contributed by atoms with Gasteiger partial charge in [-0.1, -0.05) is 4.99 Å². The molecule has 0 saturated carbocycles. The summed E-state index contributed by atoms with van der Waals surface area (Å²) in [6.07, 6.45) is 0. The van der Waals surface area contributed by atoms with E-state index in [2.05, 4.69) is 4.90 Å². The lowest BCUT2D eigenvalue weighted by Crippen LogP contribution is -2.64. The number of morpholine rings is 1. The van der Waals surface area contributed by atoms with Gasteiger partial charge in [-0.05, 0) is 26.0 Å². The maximum atomic E-state index is 13.7. The Morgan fingerprint density at radius 2 is 1.86 bits per heavy atom. The number of likely N-dealkylation sites (N-methyl/N-ethyl adjacent to an activating group) is 1. The Balaban J connectivity index is 1.53. The van der Waals surface area contributed by atoms with Crippen molar-refractivity contribution in [3.8, 4) is 17.2 Å². The molecule has 186 valence electrons. The SMILES string of the molecule is COc1ccc(-n2c(C)c(C)[n+]3c2N=C2C3C(=O)N(CCN3CCOCC3)C(=O)N2C)c(OC)c1. The number of methoxy groups -OCH3 is 2. The van der Waals surface area contributed by atoms with Crippen LogP contribution in [-0.4, -0.2) is 97.7 Å². The molecule has 2 saturated heterocycles. The van der Waals surface area contributed by atoms with Crippen molar-refractivity contribution in [2.45, 2.75) is 19.9 Å². The van der Waals surface area contributed by atoms with E-state index in [-0.39, 0.29) is 11.9 Å². The number of benzene rings is 1. The van der Waals surface area contributed by atoms with E-state index in [1.807, 2.05) is 41.2 Å². The molecular weight excluding hydrogens is 452 g/mol. The number of aliphatic imine (C=N–C) groups is 1. The Morgan fingerprint density at radius 3 is 2.54 bits per heavy atom. The largest absolute Gasteiger partial charge is 0.497 e. The number of aromatic nitrogens is 2. The molecule has 0 spiro atoms. The zero-order valence-corrected chi connectivity index (χ0v) is 20.8. The zero-order valence-electron chi connectivity index (χ0n) is 20.8. The fraction of sp³-hybridized carbons (Fsp3) is 0.500. The Bertz CT molecular complexity index is 1220. The maximum Gasteiger partial charge on any atom is 0.407 e. The van der Waals surface area contributed by atoms with Crippen molar-refractivity contribution in [3.63, 3.8) is 0 Å². The molecule has 3 aliphatic heterocycles. The molecule has 1 aromatic heterocycles. The standard InChI is InChI=1S/C24H31N6O5/c1-15-16(2)30-20-21(25-23(30)29(15)18-7-6-17(33-4)14-19(18)34-5)26(3)24(32)28(22(20)31)9-8-27-10-12-35-13-11-27/h6-7,14,20H,8-13H2,1-5H3/q+1. The number of rotatable bonds is 6. The van der Waals surface area contributed by atoms with Crippen LogP contribution in [0.4, 0.5) is 10.7 Å². The molecule has 35 heavy (non-hydrogen) atoms. The third-order valence-electron chi connectivity index (χ3n) is 7.09. The first kappa shape index (κ1) is 23.3. The van der Waals surface area contributed by atoms with Crippen molar-refractivity contribution in [3.05, 3.63) is 29.6 Å². The van der Waals surface area contributed by atoms with Crippen LogP contribution in [0.2, 0.25) is 0 Å². The topological polar surface area (TPSA) is 92.7 Å². The van der Waals surface area contributed by atoms with Gasteiger partial charge in [0.05, 0.1) is 27.4 Å². The minimum atomic E-state index is -0.693. The summed E-state index contributed by atoms with van der Waals surface area (Å²) in [4.78, 5) is 36.7. The second-order valence-electron chi connectivity index (χ2n) is 8.87. The maximum absolute atomic E-state index is 13.7. The molecule has 11 nitrogen and oxygen atoms in total. The minimum absolute atomic E-state index is 0.259. The van der Waals surface area contributed by atoms with E-state index in [1.165, 1.54) is 9.80 Å². The average molecular weight is 484 g/mol. The van der Waals surface area contributed by atoms with Gasteiger partial charge in [0, 0.05) is 39.3 Å². The average Bonchev–Trinajstić information content (AvgIpc) is 3.38. The number of hydrogen-bond acceptors (Lipinski definition) is 7. The number of imidazole rings is 1. The molecule has 1 aromatic carbocycles. The number of amides is 3. The van der Waals surface area contributed by atoms with E-state index in [1.54, 1.807) is 21.3 Å². The number of nitrogens with zero attached hydrogens (tertiary/aromatic N) is 6. The van der Waals surface area contributed by atoms with Crippen LogP contribution in [0.3, 0.4) is 0 Å². The minimum Gasteiger partial charge on any atom is -0.497 e. The van der Waals surface area contributed by atoms with E-state index in [0.29, 0.717) is 49.6 Å². The second kappa shape index (κ2) is 8.97. The van der Waals surface area contributed by atoms with Gasteiger partial charge in [0.15, 0.2) is 5.75 Å². The van der Waals surface area contributed by atoms with Crippen molar-refractivity contribution in [2.75, 3.05) is 60.7 Å². The summed E-state index contributed by atoms with van der Waals surface area (Å²) in [5, 5.41) is 0. The summed E-state index contributed by atoms with van der Waals surface area (Å²) in [5.41, 5.74) is 2.60. The molecule has 4 heterocycles. The molecule has 11 heteroatoms. The highest BCUT2D eigenvalue weighted by molar-refractivity contribution is 6.19. The summed E-state index contributed by atoms with van der Waals surface area (Å²) in [7, 11) is 4.88. The number of amidine groups is 1. The van der Waals surface area contributed by atoms with Gasteiger partial charge in [-0.3, -0.25) is 19.5 Å². The van der Waals surface area contributed by atoms with Gasteiger partial charge in [0.1, 0.15) is 22.8 Å². The van der Waals surface area contributed by atoms with Crippen molar-refractivity contribution >= 4 is 23.7 Å². The van der Waals surface area contributed by atoms with Gasteiger partial charge < -0.3 is 14.2 Å². The van der Waals surface area contributed by atoms with Gasteiger partial charge in [-0.25, -0.2) is 9.36 Å². The smallest absolute Gasteiger partial charge is 0.407 e. The summed E-state index contributed by atoms with van der Waals surface area (Å²) in [6.45, 7) is 7.82. The summed E-state index contributed by atoms with van der Waals surface area (Å²) in [5.74, 6) is 2.04. The Labute approximate surface area is 204 Å². The van der Waals surface area contributed by atoms with E-state index >= 15 is 0 Å². The van der Waals surface area contributed by atoms with Crippen molar-refractivity contribution in [1.82, 2.24) is 19.3 Å². The monoisotopic (exact) mass is 483 g/mol. The summed E-state index contributed by atoms with van der Waals surface area (Å²) in [6, 6.07) is 4.52. The first-order valence-corrected chi connectivity index (χ1v) is 11.7. The van der Waals surface area contributed by atoms with E-state index in [9.17, 15) is 9.59 Å². The molecule has 0 aliphatic carbocycles. The van der Waals surface area contributed by atoms with Crippen LogP contribution in [-0.2, 0) is 9.53 Å². The van der Waals surface area contributed by atoms with Gasteiger partial charge in [-0.15, -0.1) is 0 Å². The number of hydrogen-bond donors (Lipinski definition) is 0. The number of carbonyl (C=O) groups is 2. The third kappa shape index (κ3) is 3.66. The highest BCUT2D eigenvalue weighted by Crippen LogP contribution is 2.36. The van der Waals surface area contributed by atoms with E-state index in [0.717, 1.165) is 30.2 Å². The Hall–Kier alpha value is -3.44. The van der Waals surface area contributed by atoms with E-state index < -0.39 is 6.04 Å². The van der Waals surface area contributed by atoms with Crippen LogP contribution >= 0.6 is 0 Å². The molecule has 0 radical (unpaired) electrons. The number of ether oxygens (including phenoxy) is 3. The van der Waals surface area contributed by atoms with Crippen LogP contribution < -0.4 is 14.0 Å². The molecule has 1 atom stereocenters. The number of fused-ring (bicyclic) bond motifs is 3. The van der Waals surface area contributed by atoms with Gasteiger partial charge in [0.2, 0.25) is 11.9 Å². The second-order valence-corrected chi connectivity index (χ2v) is 8.87. The third-order valence-corrected chi connectivity index (χ3v) is 7.09. The summed E-state index contributed by atoms with van der Waals surface area (Å²) >= 11 is 0. The highest BCUT2D eigenvalue weighted by Gasteiger charge is 2.54. The predicted octanol–water partition coefficient (Wildman–Crippen LogP) is 1.21. The fourth-order valence-corrected chi connectivity index (χ4v) is 4.97. The fourth-order valence-electron chi connectivity index (χ4n) is 4.97. The van der Waals surface area contributed by atoms with Gasteiger partial charge in [0.25, 0.3) is 5.91 Å². The number of carbonyl (C=O) groups excluding carboxylic acids is 2. The lowest BCUT2D eigenvalue weighted by atomic mass is 10.1. The molecule has 0 bridgehead atoms. The van der Waals surface area contributed by atoms with Crippen molar-refractivity contribution < 1.29 is 28.4 Å². The molecule has 1 unspecified atom stereocenters. The summed E-state index contributed by atoms with van der Waals surface area (Å²) < 4.78 is 20.3. The first-order chi connectivity index (χ1) is 16.9. The molecule has 5 rings (SSSR count). The van der Waals surface area contributed by atoms with Crippen molar-refractivity contribution in [2.24, 2.45) is 4.99 Å². The highest BCUT2D eigenvalue weighted by atomic mass is 16.5. The lowest BCUT2D eigenvalue weighted by Gasteiger charge is -2.35. The molecule has 3 amide bonds. The normalized spacial score (nSPS) is 20.1. The Morgan fingerprint density at radius 1 is 1.11 bits per heavy atom. The van der Waals surface area contributed by atoms with Crippen LogP contribution in [0.5, 0.6) is 11.5 Å². The van der Waals surface area contributed by atoms with Crippen LogP contribution in [0.25, 0.3) is 5.69 Å². The predicted molar refractivity (Wildman–Crippen MR) is 127 cm³/mol. The number of imide groups is 1. The first-order valence-electron chi connectivity index (χ1n) is 11.7. The Kier molecular flexibility index (Phi) is 5.97. The molecular formula is C24H31N6O5+. The molecule has 0 N–H and O–H groups in total. The number of urea groups is 1. The molecule has 2 fully saturated rings. The van der Waals surface area contributed by atoms with Crippen LogP contribution in [0, 0.1) is 13.8 Å². The van der Waals surface area contributed by atoms with Gasteiger partial charge >= 0.3 is 12.0 Å². The van der Waals surface area contributed by atoms with Crippen molar-refractivity contribution in [1.29, 1.82) is 0 Å². The zero-order chi connectivity index (χ0) is 24.9. The lowest BCUT2D eigenvalue weighted by molar-refractivity contribution is -0.682. The van der Waals surface area contributed by atoms with Crippen LogP contribution in [0.15, 0.2) is 23.2 Å². The van der Waals surface area contributed by atoms with E-state index in [4.69, 9.17) is 19.2 Å². The molecule has 2 aromatic rings. The molecule has 3 aliphatic rings. The quantitative estimate of drug-likeness (QED) is 0.574.